The fraction of sp³-hybridized carbons (Fsp3) is 0.800. The molecule has 0 aromatic carbocycles. The molecule has 0 unspecified atom stereocenters. The van der Waals surface area contributed by atoms with Crippen molar-refractivity contribution in [3.05, 3.63) is 0 Å². The van der Waals surface area contributed by atoms with Gasteiger partial charge in [-0.1, -0.05) is 0 Å². The van der Waals surface area contributed by atoms with Gasteiger partial charge in [-0.3, -0.25) is 9.59 Å². The number of amides is 2. The number of hydrogen-bond acceptors (Lipinski definition) is 3. The van der Waals surface area contributed by atoms with Crippen LogP contribution in [-0.4, -0.2) is 36.1 Å². The van der Waals surface area contributed by atoms with Gasteiger partial charge in [0.25, 0.3) is 0 Å². The van der Waals surface area contributed by atoms with Crippen molar-refractivity contribution >= 4 is 11.8 Å². The zero-order chi connectivity index (χ0) is 11.1. The maximum Gasteiger partial charge on any atom is 0.221 e. The molecular formula is C10H18N2O3. The van der Waals surface area contributed by atoms with Gasteiger partial charge in [0.15, 0.2) is 0 Å². The SMILES string of the molecule is O=C(CCCO)NCCC(=O)NC1CC1. The monoisotopic (exact) mass is 214 g/mol. The van der Waals surface area contributed by atoms with E-state index in [1.54, 1.807) is 0 Å². The standard InChI is InChI=1S/C10H18N2O3/c13-7-1-2-9(14)11-6-5-10(15)12-8-3-4-8/h8,13H,1-7H2,(H,11,14)(H,12,15). The Morgan fingerprint density at radius 3 is 2.53 bits per heavy atom. The highest BCUT2D eigenvalue weighted by Gasteiger charge is 2.22. The zero-order valence-corrected chi connectivity index (χ0v) is 8.79. The maximum absolute atomic E-state index is 11.2. The summed E-state index contributed by atoms with van der Waals surface area (Å²) in [6, 6.07) is 0.377. The summed E-state index contributed by atoms with van der Waals surface area (Å²) >= 11 is 0. The van der Waals surface area contributed by atoms with Crippen LogP contribution in [0.15, 0.2) is 0 Å². The Balaban J connectivity index is 1.94. The van der Waals surface area contributed by atoms with Crippen molar-refractivity contribution in [3.8, 4) is 0 Å². The lowest BCUT2D eigenvalue weighted by Gasteiger charge is -2.05. The molecule has 1 aliphatic rings. The normalized spacial score (nSPS) is 14.7. The number of carbonyl (C=O) groups excluding carboxylic acids is 2. The topological polar surface area (TPSA) is 78.4 Å². The molecule has 1 fully saturated rings. The molecule has 1 aliphatic carbocycles. The number of aliphatic hydroxyl groups excluding tert-OH is 1. The third kappa shape index (κ3) is 6.06. The van der Waals surface area contributed by atoms with E-state index in [4.69, 9.17) is 5.11 Å². The van der Waals surface area contributed by atoms with Crippen LogP contribution in [0.1, 0.15) is 32.1 Å². The lowest BCUT2D eigenvalue weighted by Crippen LogP contribution is -2.31. The van der Waals surface area contributed by atoms with E-state index in [2.05, 4.69) is 10.6 Å². The summed E-state index contributed by atoms with van der Waals surface area (Å²) in [5, 5.41) is 14.0. The van der Waals surface area contributed by atoms with E-state index in [0.717, 1.165) is 12.8 Å². The molecule has 0 bridgehead atoms. The van der Waals surface area contributed by atoms with Gasteiger partial charge >= 0.3 is 0 Å². The molecule has 86 valence electrons. The first-order valence-electron chi connectivity index (χ1n) is 5.39. The van der Waals surface area contributed by atoms with Crippen LogP contribution in [0.3, 0.4) is 0 Å². The number of carbonyl (C=O) groups is 2. The molecule has 0 aliphatic heterocycles. The van der Waals surface area contributed by atoms with E-state index in [9.17, 15) is 9.59 Å². The Hall–Kier alpha value is -1.10. The summed E-state index contributed by atoms with van der Waals surface area (Å²) in [6.45, 7) is 0.401. The third-order valence-corrected chi connectivity index (χ3v) is 2.18. The predicted molar refractivity (Wildman–Crippen MR) is 55.1 cm³/mol. The minimum Gasteiger partial charge on any atom is -0.396 e. The Morgan fingerprint density at radius 2 is 1.93 bits per heavy atom. The van der Waals surface area contributed by atoms with Crippen LogP contribution in [0, 0.1) is 0 Å². The van der Waals surface area contributed by atoms with Crippen LogP contribution >= 0.6 is 0 Å². The van der Waals surface area contributed by atoms with Gasteiger partial charge in [-0.2, -0.15) is 0 Å². The van der Waals surface area contributed by atoms with Crippen LogP contribution in [0.25, 0.3) is 0 Å². The highest BCUT2D eigenvalue weighted by molar-refractivity contribution is 5.79. The molecule has 15 heavy (non-hydrogen) atoms. The summed E-state index contributed by atoms with van der Waals surface area (Å²) < 4.78 is 0. The Labute approximate surface area is 89.2 Å². The summed E-state index contributed by atoms with van der Waals surface area (Å²) in [5.41, 5.74) is 0. The average molecular weight is 214 g/mol. The number of hydrogen-bond donors (Lipinski definition) is 3. The van der Waals surface area contributed by atoms with Gasteiger partial charge in [-0.05, 0) is 19.3 Å². The van der Waals surface area contributed by atoms with Crippen molar-refractivity contribution in [1.29, 1.82) is 0 Å². The van der Waals surface area contributed by atoms with Crippen molar-refractivity contribution in [2.75, 3.05) is 13.2 Å². The van der Waals surface area contributed by atoms with Gasteiger partial charge in [0.2, 0.25) is 11.8 Å². The van der Waals surface area contributed by atoms with Crippen molar-refractivity contribution in [3.63, 3.8) is 0 Å². The second kappa shape index (κ2) is 6.40. The number of nitrogens with one attached hydrogen (secondary N) is 2. The van der Waals surface area contributed by atoms with Crippen molar-refractivity contribution in [2.24, 2.45) is 0 Å². The molecule has 0 radical (unpaired) electrons. The fourth-order valence-corrected chi connectivity index (χ4v) is 1.17. The quantitative estimate of drug-likeness (QED) is 0.537. The molecule has 5 heteroatoms. The smallest absolute Gasteiger partial charge is 0.221 e. The first kappa shape index (κ1) is 12.0. The Bertz CT molecular complexity index is 227. The largest absolute Gasteiger partial charge is 0.396 e. The zero-order valence-electron chi connectivity index (χ0n) is 8.79. The van der Waals surface area contributed by atoms with Crippen LogP contribution in [0.2, 0.25) is 0 Å². The van der Waals surface area contributed by atoms with Gasteiger partial charge < -0.3 is 15.7 Å². The summed E-state index contributed by atoms with van der Waals surface area (Å²) in [7, 11) is 0. The van der Waals surface area contributed by atoms with Crippen LogP contribution < -0.4 is 10.6 Å². The fourth-order valence-electron chi connectivity index (χ4n) is 1.17. The van der Waals surface area contributed by atoms with E-state index in [1.807, 2.05) is 0 Å². The van der Waals surface area contributed by atoms with Crippen LogP contribution in [0.5, 0.6) is 0 Å². The molecule has 0 aromatic heterocycles. The highest BCUT2D eigenvalue weighted by atomic mass is 16.3. The van der Waals surface area contributed by atoms with Gasteiger partial charge in [0.05, 0.1) is 0 Å². The number of rotatable bonds is 7. The summed E-state index contributed by atoms with van der Waals surface area (Å²) in [5.74, 6) is -0.108. The average Bonchev–Trinajstić information content (AvgIpc) is 2.98. The van der Waals surface area contributed by atoms with Crippen LogP contribution in [-0.2, 0) is 9.59 Å². The third-order valence-electron chi connectivity index (χ3n) is 2.18. The molecule has 0 aromatic rings. The second-order valence-corrected chi connectivity index (χ2v) is 3.77. The van der Waals surface area contributed by atoms with Crippen molar-refractivity contribution < 1.29 is 14.7 Å². The van der Waals surface area contributed by atoms with Gasteiger partial charge in [0.1, 0.15) is 0 Å². The summed E-state index contributed by atoms with van der Waals surface area (Å²) in [4.78, 5) is 22.3. The molecular weight excluding hydrogens is 196 g/mol. The van der Waals surface area contributed by atoms with E-state index < -0.39 is 0 Å². The minimum atomic E-state index is -0.108. The first-order chi connectivity index (χ1) is 7.22. The molecule has 5 nitrogen and oxygen atoms in total. The summed E-state index contributed by atoms with van der Waals surface area (Å²) in [6.07, 6.45) is 3.28. The highest BCUT2D eigenvalue weighted by Crippen LogP contribution is 2.18. The second-order valence-electron chi connectivity index (χ2n) is 3.77. The Morgan fingerprint density at radius 1 is 1.20 bits per heavy atom. The lowest BCUT2D eigenvalue weighted by atomic mass is 10.3. The van der Waals surface area contributed by atoms with Gasteiger partial charge in [-0.25, -0.2) is 0 Å². The van der Waals surface area contributed by atoms with Crippen molar-refractivity contribution in [1.82, 2.24) is 10.6 Å². The van der Waals surface area contributed by atoms with Crippen molar-refractivity contribution in [2.45, 2.75) is 38.1 Å². The molecule has 0 saturated heterocycles. The number of aliphatic hydroxyl groups is 1. The van der Waals surface area contributed by atoms with E-state index in [1.165, 1.54) is 0 Å². The van der Waals surface area contributed by atoms with E-state index in [-0.39, 0.29) is 18.4 Å². The van der Waals surface area contributed by atoms with Gasteiger partial charge in [0, 0.05) is 32.0 Å². The van der Waals surface area contributed by atoms with E-state index >= 15 is 0 Å². The first-order valence-corrected chi connectivity index (χ1v) is 5.39. The van der Waals surface area contributed by atoms with E-state index in [0.29, 0.717) is 31.8 Å². The molecule has 3 N–H and O–H groups in total. The lowest BCUT2D eigenvalue weighted by molar-refractivity contribution is -0.122. The minimum absolute atomic E-state index is 0.0000387. The molecule has 2 amide bonds. The molecule has 1 saturated carbocycles. The molecule has 0 atom stereocenters. The predicted octanol–water partition coefficient (Wildman–Crippen LogP) is -0.456. The molecule has 1 rings (SSSR count). The molecule has 0 heterocycles. The van der Waals surface area contributed by atoms with Gasteiger partial charge in [-0.15, -0.1) is 0 Å². The maximum atomic E-state index is 11.2. The Kier molecular flexibility index (Phi) is 5.10. The van der Waals surface area contributed by atoms with Crippen LogP contribution in [0.4, 0.5) is 0 Å². The molecule has 0 spiro atoms.